The molecule has 4 rings (SSSR count). The molecule has 5 nitrogen and oxygen atoms in total. The van der Waals surface area contributed by atoms with Gasteiger partial charge in [-0.1, -0.05) is 35.9 Å². The zero-order valence-corrected chi connectivity index (χ0v) is 19.6. The van der Waals surface area contributed by atoms with Crippen LogP contribution in [-0.4, -0.2) is 22.5 Å². The van der Waals surface area contributed by atoms with Crippen molar-refractivity contribution in [2.75, 3.05) is 11.9 Å². The maximum Gasteiger partial charge on any atom is 0.322 e. The molecule has 2 amide bonds. The number of anilines is 1. The highest BCUT2D eigenvalue weighted by molar-refractivity contribution is 5.89. The summed E-state index contributed by atoms with van der Waals surface area (Å²) in [5, 5.41) is 3.76. The molecule has 0 aliphatic heterocycles. The number of fused-ring (bicyclic) bond motifs is 1. The van der Waals surface area contributed by atoms with Crippen molar-refractivity contribution in [1.82, 2.24) is 9.88 Å². The van der Waals surface area contributed by atoms with Crippen molar-refractivity contribution in [3.05, 3.63) is 111 Å². The van der Waals surface area contributed by atoms with Crippen LogP contribution in [0.2, 0.25) is 0 Å². The lowest BCUT2D eigenvalue weighted by Gasteiger charge is -2.24. The largest absolute Gasteiger partial charge is 0.322 e. The van der Waals surface area contributed by atoms with Crippen molar-refractivity contribution in [3.63, 3.8) is 0 Å². The number of hydrogen-bond donors (Lipinski definition) is 2. The van der Waals surface area contributed by atoms with Crippen molar-refractivity contribution in [2.24, 2.45) is 0 Å². The number of carbonyl (C=O) groups excluding carboxylic acids is 1. The molecule has 0 fully saturated rings. The fourth-order valence-corrected chi connectivity index (χ4v) is 4.19. The molecule has 1 aromatic heterocycles. The summed E-state index contributed by atoms with van der Waals surface area (Å²) >= 11 is 0. The van der Waals surface area contributed by atoms with Crippen molar-refractivity contribution in [1.29, 1.82) is 0 Å². The van der Waals surface area contributed by atoms with E-state index in [9.17, 15) is 14.0 Å². The second-order valence-electron chi connectivity index (χ2n) is 8.70. The first-order chi connectivity index (χ1) is 16.3. The van der Waals surface area contributed by atoms with Gasteiger partial charge in [0.25, 0.3) is 5.56 Å². The van der Waals surface area contributed by atoms with Crippen LogP contribution in [0, 0.1) is 26.6 Å². The number of nitrogens with zero attached hydrogens (tertiary/aromatic N) is 1. The zero-order chi connectivity index (χ0) is 24.2. The predicted octanol–water partition coefficient (Wildman–Crippen LogP) is 5.87. The Bertz CT molecular complexity index is 1390. The third-order valence-corrected chi connectivity index (χ3v) is 6.03. The first-order valence-corrected chi connectivity index (χ1v) is 11.3. The Balaban J connectivity index is 1.63. The third kappa shape index (κ3) is 5.34. The van der Waals surface area contributed by atoms with Crippen LogP contribution in [-0.2, 0) is 13.0 Å². The van der Waals surface area contributed by atoms with Crippen LogP contribution in [0.25, 0.3) is 10.9 Å². The molecule has 0 radical (unpaired) electrons. The number of aromatic amines is 1. The van der Waals surface area contributed by atoms with Gasteiger partial charge in [0.15, 0.2) is 0 Å². The lowest BCUT2D eigenvalue weighted by Crippen LogP contribution is -2.37. The number of nitrogens with one attached hydrogen (secondary N) is 2. The lowest BCUT2D eigenvalue weighted by atomic mass is 10.0. The van der Waals surface area contributed by atoms with Crippen molar-refractivity contribution in [3.8, 4) is 0 Å². The van der Waals surface area contributed by atoms with Crippen LogP contribution >= 0.6 is 0 Å². The minimum absolute atomic E-state index is 0.150. The summed E-state index contributed by atoms with van der Waals surface area (Å²) in [6, 6.07) is 19.2. The Morgan fingerprint density at radius 3 is 2.41 bits per heavy atom. The maximum absolute atomic E-state index is 13.3. The Labute approximate surface area is 198 Å². The normalized spacial score (nSPS) is 10.9. The molecule has 174 valence electrons. The first-order valence-electron chi connectivity index (χ1n) is 11.3. The van der Waals surface area contributed by atoms with E-state index in [1.165, 1.54) is 24.3 Å². The molecule has 0 aliphatic rings. The van der Waals surface area contributed by atoms with Gasteiger partial charge in [0, 0.05) is 17.8 Å². The Hall–Kier alpha value is -3.93. The topological polar surface area (TPSA) is 65.2 Å². The van der Waals surface area contributed by atoms with Crippen LogP contribution in [0.3, 0.4) is 0 Å². The van der Waals surface area contributed by atoms with E-state index in [0.717, 1.165) is 33.2 Å². The summed E-state index contributed by atoms with van der Waals surface area (Å²) in [4.78, 5) is 30.7. The second-order valence-corrected chi connectivity index (χ2v) is 8.70. The molecule has 4 aromatic rings. The van der Waals surface area contributed by atoms with Crippen LogP contribution in [0.1, 0.15) is 27.8 Å². The van der Waals surface area contributed by atoms with E-state index in [2.05, 4.69) is 10.3 Å². The van der Waals surface area contributed by atoms with E-state index >= 15 is 0 Å². The van der Waals surface area contributed by atoms with E-state index in [-0.39, 0.29) is 24.0 Å². The SMILES string of the molecule is Cc1cc(C)c2[nH]c(=O)c(CN(CCc3ccccc3C)C(=O)Nc3ccc(F)cc3)cc2c1. The van der Waals surface area contributed by atoms with Gasteiger partial charge in [-0.3, -0.25) is 4.79 Å². The number of urea groups is 1. The minimum atomic E-state index is -0.373. The van der Waals surface area contributed by atoms with E-state index in [0.29, 0.717) is 24.2 Å². The van der Waals surface area contributed by atoms with E-state index in [1.54, 1.807) is 4.90 Å². The quantitative estimate of drug-likeness (QED) is 0.380. The first kappa shape index (κ1) is 23.2. The van der Waals surface area contributed by atoms with Gasteiger partial charge in [-0.15, -0.1) is 0 Å². The number of amides is 2. The third-order valence-electron chi connectivity index (χ3n) is 6.03. The van der Waals surface area contributed by atoms with Gasteiger partial charge in [0.2, 0.25) is 0 Å². The van der Waals surface area contributed by atoms with Gasteiger partial charge in [0.1, 0.15) is 5.82 Å². The molecule has 0 saturated heterocycles. The van der Waals surface area contributed by atoms with Gasteiger partial charge in [0.05, 0.1) is 12.1 Å². The average Bonchev–Trinajstić information content (AvgIpc) is 2.80. The van der Waals surface area contributed by atoms with Gasteiger partial charge >= 0.3 is 6.03 Å². The molecule has 0 unspecified atom stereocenters. The van der Waals surface area contributed by atoms with Crippen LogP contribution < -0.4 is 10.9 Å². The summed E-state index contributed by atoms with van der Waals surface area (Å²) in [6.45, 7) is 6.59. The number of rotatable bonds is 6. The highest BCUT2D eigenvalue weighted by Gasteiger charge is 2.17. The van der Waals surface area contributed by atoms with E-state index < -0.39 is 0 Å². The van der Waals surface area contributed by atoms with Gasteiger partial charge < -0.3 is 15.2 Å². The number of benzene rings is 3. The van der Waals surface area contributed by atoms with Gasteiger partial charge in [-0.2, -0.15) is 0 Å². The summed E-state index contributed by atoms with van der Waals surface area (Å²) in [5.41, 5.74) is 5.99. The lowest BCUT2D eigenvalue weighted by molar-refractivity contribution is 0.209. The summed E-state index contributed by atoms with van der Waals surface area (Å²) in [6.07, 6.45) is 0.646. The fourth-order valence-electron chi connectivity index (χ4n) is 4.19. The number of aromatic nitrogens is 1. The smallest absolute Gasteiger partial charge is 0.321 e. The molecule has 0 spiro atoms. The number of halogens is 1. The molecule has 34 heavy (non-hydrogen) atoms. The Morgan fingerprint density at radius 1 is 0.941 bits per heavy atom. The molecule has 0 aliphatic carbocycles. The van der Waals surface area contributed by atoms with Crippen molar-refractivity contribution < 1.29 is 9.18 Å². The number of H-pyrrole nitrogens is 1. The Morgan fingerprint density at radius 2 is 1.68 bits per heavy atom. The number of pyridine rings is 1. The van der Waals surface area contributed by atoms with Crippen molar-refractivity contribution in [2.45, 2.75) is 33.7 Å². The molecule has 3 aromatic carbocycles. The number of hydrogen-bond acceptors (Lipinski definition) is 2. The molecule has 0 bridgehead atoms. The van der Waals surface area contributed by atoms with Crippen LogP contribution in [0.15, 0.2) is 71.5 Å². The zero-order valence-electron chi connectivity index (χ0n) is 19.6. The molecule has 6 heteroatoms. The molecule has 0 atom stereocenters. The number of aryl methyl sites for hydroxylation is 3. The molecule has 0 saturated carbocycles. The van der Waals surface area contributed by atoms with Gasteiger partial charge in [-0.25, -0.2) is 9.18 Å². The van der Waals surface area contributed by atoms with Crippen molar-refractivity contribution >= 4 is 22.6 Å². The highest BCUT2D eigenvalue weighted by Crippen LogP contribution is 2.19. The standard InChI is InChI=1S/C28H28FN3O2/c1-18-14-20(3)26-22(15-18)16-23(27(33)31-26)17-32(13-12-21-7-5-4-6-19(21)2)28(34)30-25-10-8-24(29)9-11-25/h4-11,14-16H,12-13,17H2,1-3H3,(H,30,34)(H,31,33). The predicted molar refractivity (Wildman–Crippen MR) is 135 cm³/mol. The van der Waals surface area contributed by atoms with Crippen LogP contribution in [0.5, 0.6) is 0 Å². The Kier molecular flexibility index (Phi) is 6.77. The average molecular weight is 458 g/mol. The van der Waals surface area contributed by atoms with Gasteiger partial charge in [-0.05, 0) is 85.7 Å². The summed E-state index contributed by atoms with van der Waals surface area (Å²) in [7, 11) is 0. The van der Waals surface area contributed by atoms with Crippen LogP contribution in [0.4, 0.5) is 14.9 Å². The van der Waals surface area contributed by atoms with E-state index in [4.69, 9.17) is 0 Å². The monoisotopic (exact) mass is 457 g/mol. The second kappa shape index (κ2) is 9.91. The summed E-state index contributed by atoms with van der Waals surface area (Å²) in [5.74, 6) is -0.373. The number of carbonyl (C=O) groups is 1. The molecular formula is C28H28FN3O2. The highest BCUT2D eigenvalue weighted by atomic mass is 19.1. The van der Waals surface area contributed by atoms with E-state index in [1.807, 2.05) is 63.2 Å². The fraction of sp³-hybridized carbons (Fsp3) is 0.214. The minimum Gasteiger partial charge on any atom is -0.321 e. The molecule has 1 heterocycles. The molecule has 2 N–H and O–H groups in total. The maximum atomic E-state index is 13.3. The summed E-state index contributed by atoms with van der Waals surface area (Å²) < 4.78 is 13.3. The molecular weight excluding hydrogens is 429 g/mol.